The standard InChI is InChI=1S/C20H17Cl2N3O5/c1-20(11-2-5-15-16(8-11)30-7-6-29-15)18(27)25(19(28)24-20)10-17(26)23-14-9-12(21)3-4-13(14)22/h2-5,8-9H,6-7,10H2,1H3,(H,23,26)(H,24,28). The number of rotatable bonds is 4. The molecule has 0 bridgehead atoms. The molecule has 1 saturated heterocycles. The number of imide groups is 1. The van der Waals surface area contributed by atoms with Crippen LogP contribution in [0.4, 0.5) is 10.5 Å². The van der Waals surface area contributed by atoms with E-state index in [4.69, 9.17) is 32.7 Å². The van der Waals surface area contributed by atoms with Crippen molar-refractivity contribution in [2.24, 2.45) is 0 Å². The van der Waals surface area contributed by atoms with Gasteiger partial charge in [-0.1, -0.05) is 29.3 Å². The highest BCUT2D eigenvalue weighted by Crippen LogP contribution is 2.37. The maximum absolute atomic E-state index is 13.1. The van der Waals surface area contributed by atoms with Crippen LogP contribution >= 0.6 is 23.2 Å². The van der Waals surface area contributed by atoms with Crippen molar-refractivity contribution in [3.05, 3.63) is 52.0 Å². The Bertz CT molecular complexity index is 1060. The molecule has 1 fully saturated rings. The molecule has 4 rings (SSSR count). The number of halogens is 2. The van der Waals surface area contributed by atoms with E-state index < -0.39 is 29.9 Å². The lowest BCUT2D eigenvalue weighted by atomic mass is 9.91. The molecular formula is C20H17Cl2N3O5. The first kappa shape index (κ1) is 20.3. The zero-order valence-corrected chi connectivity index (χ0v) is 17.3. The molecule has 0 aliphatic carbocycles. The summed E-state index contributed by atoms with van der Waals surface area (Å²) in [5.41, 5.74) is -0.539. The van der Waals surface area contributed by atoms with Crippen molar-refractivity contribution in [1.29, 1.82) is 0 Å². The van der Waals surface area contributed by atoms with Gasteiger partial charge in [-0.25, -0.2) is 4.79 Å². The van der Waals surface area contributed by atoms with Crippen LogP contribution in [-0.2, 0) is 15.1 Å². The first-order valence-corrected chi connectivity index (χ1v) is 9.82. The summed E-state index contributed by atoms with van der Waals surface area (Å²) < 4.78 is 11.0. The zero-order chi connectivity index (χ0) is 21.5. The Morgan fingerprint density at radius 2 is 1.87 bits per heavy atom. The molecule has 1 atom stereocenters. The number of ether oxygens (including phenoxy) is 2. The molecule has 30 heavy (non-hydrogen) atoms. The summed E-state index contributed by atoms with van der Waals surface area (Å²) in [5.74, 6) is -0.0839. The van der Waals surface area contributed by atoms with E-state index in [-0.39, 0.29) is 10.7 Å². The summed E-state index contributed by atoms with van der Waals surface area (Å²) in [7, 11) is 0. The highest BCUT2D eigenvalue weighted by atomic mass is 35.5. The summed E-state index contributed by atoms with van der Waals surface area (Å²) in [5, 5.41) is 5.89. The number of hydrogen-bond acceptors (Lipinski definition) is 5. The molecule has 2 aliphatic heterocycles. The van der Waals surface area contributed by atoms with Crippen molar-refractivity contribution in [3.63, 3.8) is 0 Å². The molecule has 0 spiro atoms. The van der Waals surface area contributed by atoms with Crippen molar-refractivity contribution in [1.82, 2.24) is 10.2 Å². The third-order valence-corrected chi connectivity index (χ3v) is 5.46. The van der Waals surface area contributed by atoms with Crippen molar-refractivity contribution in [2.75, 3.05) is 25.1 Å². The molecule has 2 aromatic carbocycles. The molecule has 2 aliphatic rings. The summed E-state index contributed by atoms with van der Waals surface area (Å²) >= 11 is 12.0. The van der Waals surface area contributed by atoms with E-state index in [1.54, 1.807) is 31.2 Å². The number of nitrogens with zero attached hydrogens (tertiary/aromatic N) is 1. The molecule has 1 unspecified atom stereocenters. The van der Waals surface area contributed by atoms with E-state index in [0.29, 0.717) is 35.3 Å². The summed E-state index contributed by atoms with van der Waals surface area (Å²) in [4.78, 5) is 38.8. The largest absolute Gasteiger partial charge is 0.486 e. The summed E-state index contributed by atoms with van der Waals surface area (Å²) in [6.07, 6.45) is 0. The van der Waals surface area contributed by atoms with Gasteiger partial charge in [0.25, 0.3) is 5.91 Å². The molecule has 4 amide bonds. The number of amides is 4. The van der Waals surface area contributed by atoms with Crippen LogP contribution in [0.25, 0.3) is 0 Å². The second kappa shape index (κ2) is 7.70. The van der Waals surface area contributed by atoms with Gasteiger partial charge in [0.05, 0.1) is 10.7 Å². The second-order valence-electron chi connectivity index (χ2n) is 6.98. The predicted molar refractivity (Wildman–Crippen MR) is 110 cm³/mol. The van der Waals surface area contributed by atoms with Crippen LogP contribution in [0.2, 0.25) is 10.0 Å². The topological polar surface area (TPSA) is 97.0 Å². The first-order valence-electron chi connectivity index (χ1n) is 9.07. The number of urea groups is 1. The molecule has 2 heterocycles. The van der Waals surface area contributed by atoms with E-state index in [1.165, 1.54) is 12.1 Å². The monoisotopic (exact) mass is 449 g/mol. The van der Waals surface area contributed by atoms with Crippen LogP contribution in [0.1, 0.15) is 12.5 Å². The maximum Gasteiger partial charge on any atom is 0.325 e. The lowest BCUT2D eigenvalue weighted by Gasteiger charge is -2.25. The fourth-order valence-electron chi connectivity index (χ4n) is 3.32. The average molecular weight is 450 g/mol. The number of carbonyl (C=O) groups excluding carboxylic acids is 3. The highest BCUT2D eigenvalue weighted by molar-refractivity contribution is 6.35. The van der Waals surface area contributed by atoms with Crippen LogP contribution in [0.5, 0.6) is 11.5 Å². The Labute approximate surface area is 182 Å². The first-order chi connectivity index (χ1) is 14.3. The van der Waals surface area contributed by atoms with Gasteiger partial charge in [0.15, 0.2) is 11.5 Å². The molecule has 0 saturated carbocycles. The van der Waals surface area contributed by atoms with Crippen molar-refractivity contribution >= 4 is 46.7 Å². The minimum atomic E-state index is -1.35. The quantitative estimate of drug-likeness (QED) is 0.698. The van der Waals surface area contributed by atoms with Gasteiger partial charge in [0.1, 0.15) is 25.3 Å². The number of anilines is 1. The van der Waals surface area contributed by atoms with E-state index in [0.717, 1.165) is 4.90 Å². The van der Waals surface area contributed by atoms with Crippen molar-refractivity contribution in [3.8, 4) is 11.5 Å². The SMILES string of the molecule is CC1(c2ccc3c(c2)OCCO3)NC(=O)N(CC(=O)Nc2cc(Cl)ccc2Cl)C1=O. The molecule has 8 nitrogen and oxygen atoms in total. The lowest BCUT2D eigenvalue weighted by Crippen LogP contribution is -2.42. The molecule has 0 radical (unpaired) electrons. The van der Waals surface area contributed by atoms with Gasteiger partial charge in [-0.3, -0.25) is 14.5 Å². The van der Waals surface area contributed by atoms with Crippen molar-refractivity contribution < 1.29 is 23.9 Å². The Hall–Kier alpha value is -2.97. The number of nitrogens with one attached hydrogen (secondary N) is 2. The average Bonchev–Trinajstić information content (AvgIpc) is 2.94. The van der Waals surface area contributed by atoms with Gasteiger partial charge in [0.2, 0.25) is 5.91 Å². The van der Waals surface area contributed by atoms with Gasteiger partial charge in [-0.15, -0.1) is 0 Å². The van der Waals surface area contributed by atoms with Gasteiger partial charge < -0.3 is 20.1 Å². The fourth-order valence-corrected chi connectivity index (χ4v) is 3.65. The summed E-state index contributed by atoms with van der Waals surface area (Å²) in [6.45, 7) is 1.93. The maximum atomic E-state index is 13.1. The molecule has 2 aromatic rings. The smallest absolute Gasteiger partial charge is 0.325 e. The van der Waals surface area contributed by atoms with Crippen LogP contribution < -0.4 is 20.1 Å². The number of fused-ring (bicyclic) bond motifs is 1. The Morgan fingerprint density at radius 1 is 1.13 bits per heavy atom. The fraction of sp³-hybridized carbons (Fsp3) is 0.250. The molecule has 156 valence electrons. The number of benzene rings is 2. The van der Waals surface area contributed by atoms with Gasteiger partial charge in [-0.2, -0.15) is 0 Å². The summed E-state index contributed by atoms with van der Waals surface area (Å²) in [6, 6.07) is 8.94. The third kappa shape index (κ3) is 3.64. The zero-order valence-electron chi connectivity index (χ0n) is 15.8. The predicted octanol–water partition coefficient (Wildman–Crippen LogP) is 3.17. The van der Waals surface area contributed by atoms with Crippen LogP contribution in [-0.4, -0.2) is 42.5 Å². The van der Waals surface area contributed by atoms with Gasteiger partial charge in [-0.05, 0) is 42.8 Å². The molecular weight excluding hydrogens is 433 g/mol. The van der Waals surface area contributed by atoms with E-state index >= 15 is 0 Å². The lowest BCUT2D eigenvalue weighted by molar-refractivity contribution is -0.133. The van der Waals surface area contributed by atoms with Crippen LogP contribution in [0.3, 0.4) is 0 Å². The minimum Gasteiger partial charge on any atom is -0.486 e. The molecule has 0 aromatic heterocycles. The third-order valence-electron chi connectivity index (χ3n) is 4.90. The number of carbonyl (C=O) groups is 3. The number of hydrogen-bond donors (Lipinski definition) is 2. The molecule has 2 N–H and O–H groups in total. The Kier molecular flexibility index (Phi) is 5.21. The second-order valence-corrected chi connectivity index (χ2v) is 7.82. The Balaban J connectivity index is 1.52. The minimum absolute atomic E-state index is 0.283. The van der Waals surface area contributed by atoms with E-state index in [9.17, 15) is 14.4 Å². The van der Waals surface area contributed by atoms with Crippen LogP contribution in [0.15, 0.2) is 36.4 Å². The van der Waals surface area contributed by atoms with Gasteiger partial charge >= 0.3 is 6.03 Å². The van der Waals surface area contributed by atoms with Gasteiger partial charge in [0, 0.05) is 5.02 Å². The Morgan fingerprint density at radius 3 is 2.63 bits per heavy atom. The highest BCUT2D eigenvalue weighted by Gasteiger charge is 2.49. The van der Waals surface area contributed by atoms with Crippen molar-refractivity contribution in [2.45, 2.75) is 12.5 Å². The van der Waals surface area contributed by atoms with E-state index in [1.807, 2.05) is 0 Å². The molecule has 10 heteroatoms. The normalized spacial score (nSPS) is 20.2. The van der Waals surface area contributed by atoms with Crippen LogP contribution in [0, 0.1) is 0 Å². The van der Waals surface area contributed by atoms with E-state index in [2.05, 4.69) is 10.6 Å².